The monoisotopic (exact) mass is 1130 g/mol. The number of benzene rings is 2. The molecule has 81 heavy (non-hydrogen) atoms. The van der Waals surface area contributed by atoms with Gasteiger partial charge in [0.25, 0.3) is 0 Å². The van der Waals surface area contributed by atoms with E-state index in [1.807, 2.05) is 32.9 Å². The van der Waals surface area contributed by atoms with Gasteiger partial charge in [0.05, 0.1) is 146 Å². The van der Waals surface area contributed by atoms with Gasteiger partial charge in [-0.05, 0) is 43.5 Å². The van der Waals surface area contributed by atoms with Gasteiger partial charge in [0.2, 0.25) is 0 Å². The quantitative estimate of drug-likeness (QED) is 0.0264. The molecule has 0 spiro atoms. The second-order valence-corrected chi connectivity index (χ2v) is 20.3. The van der Waals surface area contributed by atoms with E-state index in [9.17, 15) is 19.2 Å². The maximum Gasteiger partial charge on any atom is 0.338 e. The first kappa shape index (κ1) is 69.5. The van der Waals surface area contributed by atoms with E-state index in [-0.39, 0.29) is 141 Å². The van der Waals surface area contributed by atoms with E-state index in [1.54, 1.807) is 91.1 Å². The first-order chi connectivity index (χ1) is 39.2. The highest BCUT2D eigenvalue weighted by Crippen LogP contribution is 2.35. The fourth-order valence-corrected chi connectivity index (χ4v) is 8.92. The minimum absolute atomic E-state index is 0.0254. The summed E-state index contributed by atoms with van der Waals surface area (Å²) in [4.78, 5) is 56.9. The average molecular weight is 1130 g/mol. The Bertz CT molecular complexity index is 2230. The van der Waals surface area contributed by atoms with Crippen LogP contribution in [0.4, 0.5) is 0 Å². The number of esters is 2. The van der Waals surface area contributed by atoms with Crippen LogP contribution in [-0.2, 0) is 56.8 Å². The zero-order valence-corrected chi connectivity index (χ0v) is 48.5. The van der Waals surface area contributed by atoms with Crippen molar-refractivity contribution in [1.29, 1.82) is 0 Å². The Morgan fingerprint density at radius 3 is 1.37 bits per heavy atom. The number of rotatable bonds is 45. The van der Waals surface area contributed by atoms with Crippen LogP contribution in [0.25, 0.3) is 0 Å². The molecule has 0 amide bonds. The van der Waals surface area contributed by atoms with E-state index in [4.69, 9.17) is 56.8 Å². The highest BCUT2D eigenvalue weighted by molar-refractivity contribution is 6.04. The average Bonchev–Trinajstić information content (AvgIpc) is 3.49. The van der Waals surface area contributed by atoms with Crippen molar-refractivity contribution in [3.05, 3.63) is 172 Å². The Morgan fingerprint density at radius 2 is 0.926 bits per heavy atom. The number of ketones is 2. The molecule has 0 saturated carbocycles. The van der Waals surface area contributed by atoms with Gasteiger partial charge in [-0.15, -0.1) is 46.1 Å². The van der Waals surface area contributed by atoms with Gasteiger partial charge in [-0.2, -0.15) is 0 Å². The zero-order chi connectivity index (χ0) is 59.3. The second kappa shape index (κ2) is 38.1. The molecule has 0 radical (unpaired) electrons. The molecule has 446 valence electrons. The molecular weight excluding hydrogens is 1040 g/mol. The number of carbonyl (C=O) groups is 4. The van der Waals surface area contributed by atoms with Gasteiger partial charge in [0, 0.05) is 17.5 Å². The molecule has 0 aromatic heterocycles. The fraction of sp³-hybridized carbons (Fsp3) is 0.508. The van der Waals surface area contributed by atoms with Crippen molar-refractivity contribution < 1.29 is 76.0 Å². The largest absolute Gasteiger partial charge is 0.461 e. The van der Waals surface area contributed by atoms with Crippen LogP contribution in [0.1, 0.15) is 94.3 Å². The molecule has 0 saturated heterocycles. The van der Waals surface area contributed by atoms with E-state index in [1.165, 1.54) is 0 Å². The van der Waals surface area contributed by atoms with Gasteiger partial charge in [-0.3, -0.25) is 9.59 Å². The number of Topliss-reactive ketones (excluding diaryl/α,β-unsaturated/α-hetero) is 2. The lowest BCUT2D eigenvalue weighted by molar-refractivity contribution is -0.131. The van der Waals surface area contributed by atoms with Crippen molar-refractivity contribution >= 4 is 23.5 Å². The number of hydrogen-bond acceptors (Lipinski definition) is 16. The summed E-state index contributed by atoms with van der Waals surface area (Å²) >= 11 is 0. The van der Waals surface area contributed by atoms with Crippen molar-refractivity contribution in [3.63, 3.8) is 0 Å². The number of hydrogen-bond donors (Lipinski definition) is 0. The van der Waals surface area contributed by atoms with Crippen LogP contribution in [0.15, 0.2) is 149 Å². The summed E-state index contributed by atoms with van der Waals surface area (Å²) < 4.78 is 72.8. The van der Waals surface area contributed by atoms with E-state index >= 15 is 0 Å². The molecule has 0 bridgehead atoms. The van der Waals surface area contributed by atoms with Crippen LogP contribution in [-0.4, -0.2) is 167 Å². The van der Waals surface area contributed by atoms with Crippen molar-refractivity contribution in [1.82, 2.24) is 0 Å². The van der Waals surface area contributed by atoms with Crippen LogP contribution in [0.2, 0.25) is 0 Å². The van der Waals surface area contributed by atoms with Crippen LogP contribution < -0.4 is 0 Å². The predicted octanol–water partition coefficient (Wildman–Crippen LogP) is 10.6. The molecule has 1 aliphatic heterocycles. The summed E-state index contributed by atoms with van der Waals surface area (Å²) in [6, 6.07) is 12.5. The molecule has 2 aromatic carbocycles. The lowest BCUT2D eigenvalue weighted by Gasteiger charge is -2.39. The van der Waals surface area contributed by atoms with Crippen LogP contribution >= 0.6 is 0 Å². The van der Waals surface area contributed by atoms with Gasteiger partial charge in [0.15, 0.2) is 11.6 Å². The van der Waals surface area contributed by atoms with Crippen molar-refractivity contribution in [2.24, 2.45) is 16.2 Å². The molecule has 16 nitrogen and oxygen atoms in total. The predicted molar refractivity (Wildman–Crippen MR) is 314 cm³/mol. The molecular formula is C65H90O16. The van der Waals surface area contributed by atoms with Crippen molar-refractivity contribution in [2.75, 3.05) is 132 Å². The molecule has 2 atom stereocenters. The molecule has 0 aliphatic carbocycles. The van der Waals surface area contributed by atoms with E-state index in [0.29, 0.717) is 56.6 Å². The van der Waals surface area contributed by atoms with Gasteiger partial charge in [-0.25, -0.2) is 9.59 Å². The van der Waals surface area contributed by atoms with E-state index in [0.717, 1.165) is 0 Å². The summed E-state index contributed by atoms with van der Waals surface area (Å²) in [6.07, 6.45) is 17.0. The third kappa shape index (κ3) is 22.5. The lowest BCUT2D eigenvalue weighted by atomic mass is 9.83. The summed E-state index contributed by atoms with van der Waals surface area (Å²) in [7, 11) is 0. The normalized spacial score (nSPS) is 17.2. The van der Waals surface area contributed by atoms with Crippen molar-refractivity contribution in [2.45, 2.75) is 64.1 Å². The van der Waals surface area contributed by atoms with Gasteiger partial charge >= 0.3 is 11.9 Å². The summed E-state index contributed by atoms with van der Waals surface area (Å²) in [5, 5.41) is 0. The topological polar surface area (TPSA) is 179 Å². The molecule has 1 aliphatic rings. The smallest absolute Gasteiger partial charge is 0.338 e. The summed E-state index contributed by atoms with van der Waals surface area (Å²) in [6.45, 7) is 35.0. The van der Waals surface area contributed by atoms with Crippen LogP contribution in [0, 0.1) is 16.2 Å². The fourth-order valence-electron chi connectivity index (χ4n) is 8.92. The number of ether oxygens (including phenoxy) is 12. The van der Waals surface area contributed by atoms with Crippen molar-refractivity contribution in [3.8, 4) is 0 Å². The van der Waals surface area contributed by atoms with Crippen LogP contribution in [0.3, 0.4) is 0 Å². The maximum atomic E-state index is 14.9. The Hall–Kier alpha value is -5.76. The SMILES string of the molecule is C=CCOCC(COCC=C)(COCC=C)COC(=O)c1ccc(C(=O)C2(CCC)C/C=C/COCC(COCC=C)(COC(=O)c3ccc(C(=O)C(CC)(CC)OCC(COCC=C)(COCC=C)COCC=C)cc3)CO2)cc1. The Kier molecular flexibility index (Phi) is 32.7. The maximum absolute atomic E-state index is 14.9. The molecule has 1 heterocycles. The molecule has 2 unspecified atom stereocenters. The van der Waals surface area contributed by atoms with Gasteiger partial charge < -0.3 is 56.8 Å². The van der Waals surface area contributed by atoms with Gasteiger partial charge in [-0.1, -0.05) is 106 Å². The first-order valence-electron chi connectivity index (χ1n) is 27.7. The Balaban J connectivity index is 1.88. The highest BCUT2D eigenvalue weighted by Gasteiger charge is 2.45. The minimum atomic E-state index is -1.36. The van der Waals surface area contributed by atoms with Crippen LogP contribution in [0.5, 0.6) is 0 Å². The molecule has 3 rings (SSSR count). The third-order valence-corrected chi connectivity index (χ3v) is 13.5. The molecule has 2 aromatic rings. The summed E-state index contributed by atoms with van der Waals surface area (Å²) in [5.74, 6) is -1.83. The molecule has 0 N–H and O–H groups in total. The Morgan fingerprint density at radius 1 is 0.506 bits per heavy atom. The third-order valence-electron chi connectivity index (χ3n) is 13.5. The summed E-state index contributed by atoms with van der Waals surface area (Å²) in [5.41, 5.74) is -4.24. The van der Waals surface area contributed by atoms with E-state index < -0.39 is 39.4 Å². The highest BCUT2D eigenvalue weighted by atomic mass is 16.6. The molecule has 0 fully saturated rings. The zero-order valence-electron chi connectivity index (χ0n) is 48.5. The van der Waals surface area contributed by atoms with Gasteiger partial charge in [0.1, 0.15) is 24.4 Å². The lowest BCUT2D eigenvalue weighted by Crippen LogP contribution is -2.49. The standard InChI is InChI=1S/C65H90O16/c1-11-31-65(58(67)54-25-29-56(30-26-54)59(68)78-49-61(41-70-33-12-2,42-71-34-13-3)43-72-35-14-4)32-21-22-40-77-48-63(52-81-65,47-76-39-18-8)50-79-60(69)55-27-23-53(24-28-55)57(66)64(19-9,20-10)80-51-62(44-73-36-15-5,45-74-37-16-6)46-75-38-17-7/h12-18,21-30H,2-8,11,19-20,31-52H2,1,9-10H3/b22-21+. The Labute approximate surface area is 481 Å². The first-order valence-corrected chi connectivity index (χ1v) is 27.7. The minimum Gasteiger partial charge on any atom is -0.461 e. The second-order valence-electron chi connectivity index (χ2n) is 20.3. The number of carbonyl (C=O) groups excluding carboxylic acids is 4. The van der Waals surface area contributed by atoms with E-state index in [2.05, 4.69) is 46.1 Å². The molecule has 16 heteroatoms.